The van der Waals surface area contributed by atoms with Crippen LogP contribution in [0.1, 0.15) is 6.42 Å². The molecule has 7 nitrogen and oxygen atoms in total. The van der Waals surface area contributed by atoms with E-state index < -0.39 is 5.60 Å². The zero-order chi connectivity index (χ0) is 15.4. The number of aliphatic hydroxyl groups is 1. The Kier molecular flexibility index (Phi) is 6.72. The Bertz CT molecular complexity index is 517. The number of hydrogen-bond acceptors (Lipinski definition) is 6. The zero-order valence-electron chi connectivity index (χ0n) is 13.0. The average molecular weight is 450 g/mol. The van der Waals surface area contributed by atoms with Crippen molar-refractivity contribution in [1.29, 1.82) is 0 Å². The molecule has 3 rings (SSSR count). The van der Waals surface area contributed by atoms with Gasteiger partial charge in [-0.1, -0.05) is 0 Å². The van der Waals surface area contributed by atoms with Crippen LogP contribution in [0, 0.1) is 0 Å². The van der Waals surface area contributed by atoms with Gasteiger partial charge in [0.2, 0.25) is 5.95 Å². The molecule has 0 aliphatic carbocycles. The van der Waals surface area contributed by atoms with Gasteiger partial charge in [0.25, 0.3) is 0 Å². The number of piperazine rings is 1. The van der Waals surface area contributed by atoms with Crippen LogP contribution >= 0.6 is 35.7 Å². The van der Waals surface area contributed by atoms with Gasteiger partial charge in [-0.3, -0.25) is 4.99 Å². The van der Waals surface area contributed by atoms with Gasteiger partial charge in [-0.25, -0.2) is 9.97 Å². The van der Waals surface area contributed by atoms with Crippen LogP contribution in [0.25, 0.3) is 0 Å². The maximum absolute atomic E-state index is 10.3. The molecule has 23 heavy (non-hydrogen) atoms. The molecule has 0 spiro atoms. The van der Waals surface area contributed by atoms with Crippen molar-refractivity contribution in [2.24, 2.45) is 10.7 Å². The number of rotatable bonds is 3. The Balaban J connectivity index is 0.00000192. The van der Waals surface area contributed by atoms with E-state index in [0.29, 0.717) is 12.5 Å². The third-order valence-corrected chi connectivity index (χ3v) is 5.29. The van der Waals surface area contributed by atoms with Crippen molar-refractivity contribution >= 4 is 47.6 Å². The number of hydrogen-bond donors (Lipinski definition) is 2. The monoisotopic (exact) mass is 450 g/mol. The van der Waals surface area contributed by atoms with E-state index in [2.05, 4.69) is 24.8 Å². The minimum absolute atomic E-state index is 0. The first kappa shape index (κ1) is 18.5. The zero-order valence-corrected chi connectivity index (χ0v) is 16.1. The molecule has 0 amide bonds. The molecule has 2 fully saturated rings. The standard InChI is InChI=1S/C14H22N6OS.HI/c15-12(18-10-14(21)2-9-22-11-14)19-5-7-20(8-6-19)13-16-3-1-4-17-13;/h1,3-4,21H,2,5-11H2,(H2,15,18);1H. The molecule has 1 aromatic heterocycles. The molecule has 1 atom stereocenters. The number of aliphatic imine (C=N–C) groups is 1. The molecular formula is C14H23IN6OS. The summed E-state index contributed by atoms with van der Waals surface area (Å²) in [7, 11) is 0. The second kappa shape index (κ2) is 8.34. The molecule has 0 bridgehead atoms. The molecule has 128 valence electrons. The fraction of sp³-hybridized carbons (Fsp3) is 0.643. The van der Waals surface area contributed by atoms with Gasteiger partial charge in [0.05, 0.1) is 12.1 Å². The maximum Gasteiger partial charge on any atom is 0.225 e. The summed E-state index contributed by atoms with van der Waals surface area (Å²) in [6, 6.07) is 1.82. The molecule has 2 aliphatic rings. The summed E-state index contributed by atoms with van der Waals surface area (Å²) in [5.41, 5.74) is 5.41. The molecule has 1 aromatic rings. The number of guanidine groups is 1. The lowest BCUT2D eigenvalue weighted by molar-refractivity contribution is 0.0776. The first-order chi connectivity index (χ1) is 10.7. The number of nitrogens with two attached hydrogens (primary N) is 1. The third kappa shape index (κ3) is 4.83. The summed E-state index contributed by atoms with van der Waals surface area (Å²) >= 11 is 1.77. The van der Waals surface area contributed by atoms with Gasteiger partial charge >= 0.3 is 0 Å². The van der Waals surface area contributed by atoms with Gasteiger partial charge in [-0.15, -0.1) is 24.0 Å². The summed E-state index contributed by atoms with van der Waals surface area (Å²) < 4.78 is 0. The van der Waals surface area contributed by atoms with Crippen molar-refractivity contribution in [3.8, 4) is 0 Å². The van der Waals surface area contributed by atoms with Crippen molar-refractivity contribution < 1.29 is 5.11 Å². The molecular weight excluding hydrogens is 427 g/mol. The van der Waals surface area contributed by atoms with Crippen LogP contribution in [0.2, 0.25) is 0 Å². The van der Waals surface area contributed by atoms with Crippen LogP contribution in [0.4, 0.5) is 5.95 Å². The second-order valence-corrected chi connectivity index (χ2v) is 6.83. The molecule has 2 saturated heterocycles. The van der Waals surface area contributed by atoms with E-state index in [1.165, 1.54) is 0 Å². The van der Waals surface area contributed by atoms with Gasteiger partial charge in [0, 0.05) is 44.3 Å². The number of thioether (sulfide) groups is 1. The maximum atomic E-state index is 10.3. The predicted octanol–water partition coefficient (Wildman–Crippen LogP) is 0.399. The van der Waals surface area contributed by atoms with E-state index >= 15 is 0 Å². The highest BCUT2D eigenvalue weighted by molar-refractivity contribution is 14.0. The first-order valence-corrected chi connectivity index (χ1v) is 8.69. The Labute approximate surface area is 157 Å². The lowest BCUT2D eigenvalue weighted by Gasteiger charge is -2.35. The molecule has 3 heterocycles. The van der Waals surface area contributed by atoms with Crippen LogP contribution in [-0.2, 0) is 0 Å². The highest BCUT2D eigenvalue weighted by Crippen LogP contribution is 2.27. The van der Waals surface area contributed by atoms with Crippen molar-refractivity contribution in [3.63, 3.8) is 0 Å². The predicted molar refractivity (Wildman–Crippen MR) is 105 cm³/mol. The topological polar surface area (TPSA) is 90.9 Å². The van der Waals surface area contributed by atoms with Gasteiger partial charge in [-0.2, -0.15) is 11.8 Å². The van der Waals surface area contributed by atoms with E-state index in [1.54, 1.807) is 24.2 Å². The smallest absolute Gasteiger partial charge is 0.225 e. The highest BCUT2D eigenvalue weighted by Gasteiger charge is 2.31. The number of halogens is 1. The Morgan fingerprint density at radius 1 is 1.30 bits per heavy atom. The largest absolute Gasteiger partial charge is 0.387 e. The Hall–Kier alpha value is -0.810. The van der Waals surface area contributed by atoms with E-state index in [-0.39, 0.29) is 24.0 Å². The summed E-state index contributed by atoms with van der Waals surface area (Å²) in [6.45, 7) is 3.62. The summed E-state index contributed by atoms with van der Waals surface area (Å²) in [6.07, 6.45) is 4.31. The second-order valence-electron chi connectivity index (χ2n) is 5.72. The summed E-state index contributed by atoms with van der Waals surface area (Å²) in [4.78, 5) is 17.1. The molecule has 3 N–H and O–H groups in total. The summed E-state index contributed by atoms with van der Waals surface area (Å²) in [5.74, 6) is 3.04. The molecule has 0 saturated carbocycles. The number of anilines is 1. The van der Waals surface area contributed by atoms with E-state index in [4.69, 9.17) is 5.73 Å². The van der Waals surface area contributed by atoms with Crippen molar-refractivity contribution in [2.45, 2.75) is 12.0 Å². The molecule has 1 unspecified atom stereocenters. The number of aromatic nitrogens is 2. The van der Waals surface area contributed by atoms with Crippen LogP contribution in [-0.4, -0.2) is 75.8 Å². The molecule has 0 radical (unpaired) electrons. The van der Waals surface area contributed by atoms with E-state index in [0.717, 1.165) is 50.1 Å². The van der Waals surface area contributed by atoms with Gasteiger partial charge in [-0.05, 0) is 18.2 Å². The average Bonchev–Trinajstić information content (AvgIpc) is 3.01. The van der Waals surface area contributed by atoms with Gasteiger partial charge in [0.15, 0.2) is 5.96 Å². The Morgan fingerprint density at radius 2 is 2.00 bits per heavy atom. The minimum atomic E-state index is -0.672. The fourth-order valence-electron chi connectivity index (χ4n) is 2.64. The van der Waals surface area contributed by atoms with Crippen molar-refractivity contribution in [2.75, 3.05) is 49.1 Å². The molecule has 0 aromatic carbocycles. The van der Waals surface area contributed by atoms with Crippen LogP contribution in [0.3, 0.4) is 0 Å². The van der Waals surface area contributed by atoms with Gasteiger partial charge < -0.3 is 20.6 Å². The van der Waals surface area contributed by atoms with Crippen molar-refractivity contribution in [3.05, 3.63) is 18.5 Å². The van der Waals surface area contributed by atoms with Crippen LogP contribution < -0.4 is 10.6 Å². The third-order valence-electron chi connectivity index (χ3n) is 4.06. The molecule has 9 heteroatoms. The van der Waals surface area contributed by atoms with Crippen LogP contribution in [0.15, 0.2) is 23.5 Å². The van der Waals surface area contributed by atoms with Crippen LogP contribution in [0.5, 0.6) is 0 Å². The fourth-order valence-corrected chi connectivity index (χ4v) is 3.92. The quantitative estimate of drug-likeness (QED) is 0.392. The van der Waals surface area contributed by atoms with Gasteiger partial charge in [0.1, 0.15) is 0 Å². The highest BCUT2D eigenvalue weighted by atomic mass is 127. The first-order valence-electron chi connectivity index (χ1n) is 7.53. The van der Waals surface area contributed by atoms with Crippen molar-refractivity contribution in [1.82, 2.24) is 14.9 Å². The Morgan fingerprint density at radius 3 is 2.61 bits per heavy atom. The number of nitrogens with zero attached hydrogens (tertiary/aromatic N) is 5. The SMILES string of the molecule is I.NC(=NCC1(O)CCSC1)N1CCN(c2ncccn2)CC1. The van der Waals surface area contributed by atoms with E-state index in [1.807, 2.05) is 6.07 Å². The lowest BCUT2D eigenvalue weighted by Crippen LogP contribution is -2.52. The molecule has 2 aliphatic heterocycles. The summed E-state index contributed by atoms with van der Waals surface area (Å²) in [5, 5.41) is 10.3. The normalized spacial score (nSPS) is 25.3. The van der Waals surface area contributed by atoms with E-state index in [9.17, 15) is 5.11 Å². The minimum Gasteiger partial charge on any atom is -0.387 e. The lowest BCUT2D eigenvalue weighted by atomic mass is 10.1.